The summed E-state index contributed by atoms with van der Waals surface area (Å²) in [4.78, 5) is 0. The molecule has 18 heavy (non-hydrogen) atoms. The third kappa shape index (κ3) is 2.03. The fraction of sp³-hybridized carbons (Fsp3) is 0.125. The summed E-state index contributed by atoms with van der Waals surface area (Å²) in [6.07, 6.45) is 4.08. The van der Waals surface area contributed by atoms with Crippen molar-refractivity contribution in [2.45, 2.75) is 13.2 Å². The molecule has 1 aliphatic rings. The molecule has 0 spiro atoms. The zero-order valence-electron chi connectivity index (χ0n) is 10.1. The Hall–Kier alpha value is -2.06. The molecule has 0 atom stereocenters. The molecule has 1 aliphatic heterocycles. The molecular weight excluding hydrogens is 222 g/mol. The van der Waals surface area contributed by atoms with Gasteiger partial charge >= 0.3 is 0 Å². The monoisotopic (exact) mass is 237 g/mol. The van der Waals surface area contributed by atoms with Crippen LogP contribution in [0.3, 0.4) is 0 Å². The van der Waals surface area contributed by atoms with Crippen LogP contribution >= 0.6 is 0 Å². The van der Waals surface area contributed by atoms with E-state index in [0.29, 0.717) is 0 Å². The third-order valence-electron chi connectivity index (χ3n) is 3.26. The van der Waals surface area contributed by atoms with Crippen LogP contribution < -0.4 is 5.32 Å². The first-order valence-corrected chi connectivity index (χ1v) is 6.10. The molecule has 0 radical (unpaired) electrons. The molecule has 3 rings (SSSR count). The van der Waals surface area contributed by atoms with Crippen LogP contribution in [0.4, 0.5) is 0 Å². The van der Waals surface area contributed by atoms with E-state index in [2.05, 4.69) is 35.7 Å². The Kier molecular flexibility index (Phi) is 2.87. The second-order valence-electron chi connectivity index (χ2n) is 4.49. The summed E-state index contributed by atoms with van der Waals surface area (Å²) in [6.45, 7) is 0.978. The highest BCUT2D eigenvalue weighted by molar-refractivity contribution is 5.70. The van der Waals surface area contributed by atoms with Crippen molar-refractivity contribution >= 4 is 6.08 Å². The number of hydrogen-bond acceptors (Lipinski definition) is 2. The molecule has 0 aromatic heterocycles. The number of benzene rings is 2. The molecule has 2 nitrogen and oxygen atoms in total. The van der Waals surface area contributed by atoms with Gasteiger partial charge in [-0.05, 0) is 52.2 Å². The Morgan fingerprint density at radius 3 is 2.83 bits per heavy atom. The molecule has 0 aliphatic carbocycles. The van der Waals surface area contributed by atoms with E-state index in [-0.39, 0.29) is 6.61 Å². The molecule has 2 heteroatoms. The van der Waals surface area contributed by atoms with Crippen LogP contribution in [0.2, 0.25) is 0 Å². The van der Waals surface area contributed by atoms with Crippen LogP contribution in [-0.4, -0.2) is 5.11 Å². The highest BCUT2D eigenvalue weighted by Gasteiger charge is 2.06. The van der Waals surface area contributed by atoms with E-state index in [9.17, 15) is 5.11 Å². The minimum atomic E-state index is 0.0859. The summed E-state index contributed by atoms with van der Waals surface area (Å²) in [6, 6.07) is 14.5. The Balaban J connectivity index is 2.04. The quantitative estimate of drug-likeness (QED) is 0.841. The van der Waals surface area contributed by atoms with Gasteiger partial charge in [0.1, 0.15) is 0 Å². The standard InChI is InChI=1S/C16H15NO/c18-11-12-2-1-3-13(8-12)14-4-5-16-10-17-7-6-15(16)9-14/h1-9,17-18H,10-11H2. The molecule has 2 N–H and O–H groups in total. The maximum Gasteiger partial charge on any atom is 0.0682 e. The van der Waals surface area contributed by atoms with Crippen LogP contribution in [0.1, 0.15) is 16.7 Å². The number of nitrogens with one attached hydrogen (secondary N) is 1. The Morgan fingerprint density at radius 1 is 1.06 bits per heavy atom. The van der Waals surface area contributed by atoms with E-state index in [0.717, 1.165) is 17.7 Å². The lowest BCUT2D eigenvalue weighted by molar-refractivity contribution is 0.282. The Labute approximate surface area is 107 Å². The fourth-order valence-corrected chi connectivity index (χ4v) is 2.26. The van der Waals surface area contributed by atoms with Crippen LogP contribution in [0.25, 0.3) is 17.2 Å². The zero-order chi connectivity index (χ0) is 12.4. The zero-order valence-corrected chi connectivity index (χ0v) is 10.1. The summed E-state index contributed by atoms with van der Waals surface area (Å²) in [7, 11) is 0. The first-order chi connectivity index (χ1) is 8.86. The van der Waals surface area contributed by atoms with E-state index in [4.69, 9.17) is 0 Å². The highest BCUT2D eigenvalue weighted by Crippen LogP contribution is 2.25. The van der Waals surface area contributed by atoms with Gasteiger partial charge in [-0.25, -0.2) is 0 Å². The molecule has 1 heterocycles. The number of rotatable bonds is 2. The van der Waals surface area contributed by atoms with Crippen molar-refractivity contribution in [1.82, 2.24) is 5.32 Å². The maximum atomic E-state index is 9.18. The van der Waals surface area contributed by atoms with Crippen molar-refractivity contribution in [3.8, 4) is 11.1 Å². The fourth-order valence-electron chi connectivity index (χ4n) is 2.26. The van der Waals surface area contributed by atoms with Gasteiger partial charge in [0, 0.05) is 6.54 Å². The summed E-state index contributed by atoms with van der Waals surface area (Å²) >= 11 is 0. The summed E-state index contributed by atoms with van der Waals surface area (Å²) in [5.41, 5.74) is 5.87. The van der Waals surface area contributed by atoms with E-state index in [1.54, 1.807) is 0 Å². The van der Waals surface area contributed by atoms with Gasteiger partial charge < -0.3 is 10.4 Å². The van der Waals surface area contributed by atoms with Crippen molar-refractivity contribution in [2.75, 3.05) is 0 Å². The molecule has 0 bridgehead atoms. The largest absolute Gasteiger partial charge is 0.392 e. The van der Waals surface area contributed by atoms with Crippen molar-refractivity contribution in [3.63, 3.8) is 0 Å². The lowest BCUT2D eigenvalue weighted by Gasteiger charge is -2.13. The first kappa shape index (κ1) is 11.1. The van der Waals surface area contributed by atoms with Gasteiger partial charge in [-0.2, -0.15) is 0 Å². The Bertz CT molecular complexity index is 602. The molecular formula is C16H15NO. The van der Waals surface area contributed by atoms with Gasteiger partial charge in [-0.15, -0.1) is 0 Å². The van der Waals surface area contributed by atoms with E-state index >= 15 is 0 Å². The lowest BCUT2D eigenvalue weighted by atomic mass is 9.97. The Morgan fingerprint density at radius 2 is 1.94 bits per heavy atom. The average Bonchev–Trinajstić information content (AvgIpc) is 2.47. The predicted octanol–water partition coefficient (Wildman–Crippen LogP) is 2.92. The second-order valence-corrected chi connectivity index (χ2v) is 4.49. The number of fused-ring (bicyclic) bond motifs is 1. The normalized spacial score (nSPS) is 12.9. The average molecular weight is 237 g/mol. The maximum absolute atomic E-state index is 9.18. The van der Waals surface area contributed by atoms with E-state index < -0.39 is 0 Å². The van der Waals surface area contributed by atoms with Gasteiger partial charge in [-0.1, -0.05) is 30.3 Å². The second kappa shape index (κ2) is 4.67. The van der Waals surface area contributed by atoms with Crippen molar-refractivity contribution in [2.24, 2.45) is 0 Å². The van der Waals surface area contributed by atoms with Gasteiger partial charge in [0.15, 0.2) is 0 Å². The van der Waals surface area contributed by atoms with Gasteiger partial charge in [0.2, 0.25) is 0 Å². The minimum Gasteiger partial charge on any atom is -0.392 e. The third-order valence-corrected chi connectivity index (χ3v) is 3.26. The molecule has 0 unspecified atom stereocenters. The SMILES string of the molecule is OCc1cccc(-c2ccc3c(c2)C=CNC3)c1. The van der Waals surface area contributed by atoms with Gasteiger partial charge in [0.25, 0.3) is 0 Å². The molecule has 2 aromatic rings. The molecule has 0 fully saturated rings. The molecule has 2 aromatic carbocycles. The number of aliphatic hydroxyl groups is 1. The van der Waals surface area contributed by atoms with Crippen LogP contribution in [0, 0.1) is 0 Å². The van der Waals surface area contributed by atoms with Crippen LogP contribution in [-0.2, 0) is 13.2 Å². The topological polar surface area (TPSA) is 32.3 Å². The molecule has 90 valence electrons. The number of hydrogen-bond donors (Lipinski definition) is 2. The van der Waals surface area contributed by atoms with Crippen molar-refractivity contribution in [3.05, 3.63) is 65.4 Å². The number of aliphatic hydroxyl groups excluding tert-OH is 1. The minimum absolute atomic E-state index is 0.0859. The first-order valence-electron chi connectivity index (χ1n) is 6.10. The van der Waals surface area contributed by atoms with E-state index in [1.807, 2.05) is 24.4 Å². The smallest absolute Gasteiger partial charge is 0.0682 e. The van der Waals surface area contributed by atoms with Crippen LogP contribution in [0.15, 0.2) is 48.7 Å². The van der Waals surface area contributed by atoms with E-state index in [1.165, 1.54) is 16.7 Å². The molecule has 0 saturated heterocycles. The van der Waals surface area contributed by atoms with Crippen molar-refractivity contribution in [1.29, 1.82) is 0 Å². The predicted molar refractivity (Wildman–Crippen MR) is 73.7 cm³/mol. The summed E-state index contributed by atoms with van der Waals surface area (Å²) < 4.78 is 0. The molecule has 0 saturated carbocycles. The van der Waals surface area contributed by atoms with Gasteiger partial charge in [0.05, 0.1) is 6.61 Å². The lowest BCUT2D eigenvalue weighted by Crippen LogP contribution is -2.09. The molecule has 0 amide bonds. The summed E-state index contributed by atoms with van der Waals surface area (Å²) in [5.74, 6) is 0. The van der Waals surface area contributed by atoms with Gasteiger partial charge in [-0.3, -0.25) is 0 Å². The van der Waals surface area contributed by atoms with Crippen molar-refractivity contribution < 1.29 is 5.11 Å². The summed E-state index contributed by atoms with van der Waals surface area (Å²) in [5, 5.41) is 12.4. The highest BCUT2D eigenvalue weighted by atomic mass is 16.3. The van der Waals surface area contributed by atoms with Crippen LogP contribution in [0.5, 0.6) is 0 Å².